The number of β-amino-alcohol motifs (C(OH)–C–C–N with tert-alkyl or cyclic N) is 1. The Kier molecular flexibility index (Phi) is 5.00. The number of rotatable bonds is 1. The number of benzene rings is 1. The molecule has 8 nitrogen and oxygen atoms in total. The van der Waals surface area contributed by atoms with Gasteiger partial charge in [0.25, 0.3) is 5.91 Å². The maximum atomic E-state index is 13.9. The van der Waals surface area contributed by atoms with E-state index in [4.69, 9.17) is 10.5 Å². The van der Waals surface area contributed by atoms with Crippen molar-refractivity contribution >= 4 is 5.91 Å². The second-order valence-electron chi connectivity index (χ2n) is 8.36. The summed E-state index contributed by atoms with van der Waals surface area (Å²) < 4.78 is 48.0. The van der Waals surface area contributed by atoms with Gasteiger partial charge in [0.2, 0.25) is 0 Å². The van der Waals surface area contributed by atoms with Gasteiger partial charge < -0.3 is 25.6 Å². The third kappa shape index (κ3) is 3.81. The fourth-order valence-electron chi connectivity index (χ4n) is 3.97. The molecule has 0 spiro atoms. The quantitative estimate of drug-likeness (QED) is 0.559. The van der Waals surface area contributed by atoms with E-state index in [9.17, 15) is 28.2 Å². The number of carbonyl (C=O) groups excluding carboxylic acids is 1. The number of fused-ring (bicyclic) bond motifs is 3. The molecule has 4 rings (SSSR count). The minimum absolute atomic E-state index is 0.0538. The summed E-state index contributed by atoms with van der Waals surface area (Å²) >= 11 is 0. The van der Waals surface area contributed by atoms with E-state index in [1.54, 1.807) is 6.07 Å². The molecule has 32 heavy (non-hydrogen) atoms. The average Bonchev–Trinajstić information content (AvgIpc) is 3.24. The van der Waals surface area contributed by atoms with Gasteiger partial charge in [-0.1, -0.05) is 11.8 Å². The summed E-state index contributed by atoms with van der Waals surface area (Å²) in [5.74, 6) is 4.43. The molecule has 1 amide bonds. The van der Waals surface area contributed by atoms with Gasteiger partial charge in [-0.15, -0.1) is 0 Å². The third-order valence-corrected chi connectivity index (χ3v) is 5.49. The van der Waals surface area contributed by atoms with Gasteiger partial charge in [-0.05, 0) is 32.2 Å². The molecule has 0 unspecified atom stereocenters. The van der Waals surface area contributed by atoms with Crippen LogP contribution in [0.3, 0.4) is 0 Å². The minimum Gasteiger partial charge on any atom is -0.488 e. The number of halogens is 3. The molecule has 2 aromatic rings. The van der Waals surface area contributed by atoms with E-state index in [0.717, 1.165) is 11.6 Å². The number of carbonyl (C=O) groups is 1. The van der Waals surface area contributed by atoms with Crippen LogP contribution in [0.2, 0.25) is 0 Å². The molecule has 2 aliphatic heterocycles. The number of nitrogens with zero attached hydrogens (tertiary/aromatic N) is 3. The van der Waals surface area contributed by atoms with Crippen molar-refractivity contribution in [2.45, 2.75) is 30.7 Å². The van der Waals surface area contributed by atoms with E-state index in [0.29, 0.717) is 25.1 Å². The lowest BCUT2D eigenvalue weighted by molar-refractivity contribution is -0.141. The number of likely N-dealkylation sites (tertiary alicyclic amines) is 1. The molecule has 1 fully saturated rings. The Bertz CT molecular complexity index is 1160. The highest BCUT2D eigenvalue weighted by Crippen LogP contribution is 2.43. The van der Waals surface area contributed by atoms with Crippen LogP contribution in [0.25, 0.3) is 5.69 Å². The Morgan fingerprint density at radius 2 is 2.06 bits per heavy atom. The van der Waals surface area contributed by atoms with Crippen LogP contribution >= 0.6 is 0 Å². The average molecular weight is 450 g/mol. The SMILES string of the molecule is CN1CC[C@@](O)(C#Cc2ccc3c(c2)-n2nc(C(N)=O)c(C(F)(F)F)c2[C@](C)(O)CO3)C1. The van der Waals surface area contributed by atoms with E-state index in [2.05, 4.69) is 16.9 Å². The third-order valence-electron chi connectivity index (χ3n) is 5.49. The predicted octanol–water partition coefficient (Wildman–Crippen LogP) is 1.01. The summed E-state index contributed by atoms with van der Waals surface area (Å²) in [6.07, 6.45) is -4.53. The molecule has 3 heterocycles. The molecule has 2 atom stereocenters. The van der Waals surface area contributed by atoms with Crippen molar-refractivity contribution in [1.82, 2.24) is 14.7 Å². The minimum atomic E-state index is -5.00. The smallest absolute Gasteiger partial charge is 0.420 e. The Morgan fingerprint density at radius 1 is 1.34 bits per heavy atom. The number of ether oxygens (including phenoxy) is 1. The van der Waals surface area contributed by atoms with E-state index < -0.39 is 46.8 Å². The standard InChI is InChI=1S/C21H21F3N4O4/c1-19(30)11-32-14-4-3-12(5-6-20(31)7-8-27(2)10-20)9-13(14)28-17(19)15(21(22,23)24)16(26-28)18(25)29/h3-4,9,30-31H,7-8,10-11H2,1-2H3,(H2,25,29)/t19-,20+/m1/s1. The van der Waals surface area contributed by atoms with Crippen LogP contribution in [-0.2, 0) is 11.8 Å². The molecule has 0 bridgehead atoms. The highest BCUT2D eigenvalue weighted by Gasteiger charge is 2.48. The summed E-state index contributed by atoms with van der Waals surface area (Å²) in [4.78, 5) is 13.7. The number of likely N-dealkylation sites (N-methyl/N-ethyl adjacent to an activating group) is 1. The highest BCUT2D eigenvalue weighted by atomic mass is 19.4. The summed E-state index contributed by atoms with van der Waals surface area (Å²) in [5, 5.41) is 25.1. The number of hydrogen-bond donors (Lipinski definition) is 3. The molecular weight excluding hydrogens is 429 g/mol. The molecule has 1 aromatic heterocycles. The van der Waals surface area contributed by atoms with Crippen LogP contribution in [0.4, 0.5) is 13.2 Å². The van der Waals surface area contributed by atoms with Gasteiger partial charge in [0.15, 0.2) is 5.69 Å². The van der Waals surface area contributed by atoms with E-state index in [1.165, 1.54) is 12.1 Å². The van der Waals surface area contributed by atoms with Crippen LogP contribution in [0, 0.1) is 11.8 Å². The number of aliphatic hydroxyl groups is 2. The Labute approximate surface area is 181 Å². The molecule has 1 saturated heterocycles. The Balaban J connectivity index is 1.89. The van der Waals surface area contributed by atoms with Crippen molar-refractivity contribution in [3.63, 3.8) is 0 Å². The van der Waals surface area contributed by atoms with Crippen LogP contribution in [-0.4, -0.2) is 63.1 Å². The topological polar surface area (TPSA) is 114 Å². The molecule has 170 valence electrons. The number of hydrogen-bond acceptors (Lipinski definition) is 6. The molecule has 0 saturated carbocycles. The van der Waals surface area contributed by atoms with Gasteiger partial charge in [0.1, 0.15) is 34.8 Å². The maximum absolute atomic E-state index is 13.9. The first-order chi connectivity index (χ1) is 14.8. The van der Waals surface area contributed by atoms with Crippen molar-refractivity contribution in [3.8, 4) is 23.3 Å². The van der Waals surface area contributed by atoms with E-state index >= 15 is 0 Å². The van der Waals surface area contributed by atoms with Gasteiger partial charge in [-0.25, -0.2) is 4.68 Å². The predicted molar refractivity (Wildman–Crippen MR) is 106 cm³/mol. The van der Waals surface area contributed by atoms with Gasteiger partial charge in [0, 0.05) is 25.1 Å². The highest BCUT2D eigenvalue weighted by molar-refractivity contribution is 5.93. The van der Waals surface area contributed by atoms with Crippen molar-refractivity contribution in [2.75, 3.05) is 26.7 Å². The number of nitrogens with two attached hydrogens (primary N) is 1. The summed E-state index contributed by atoms with van der Waals surface area (Å²) in [7, 11) is 1.86. The fourth-order valence-corrected chi connectivity index (χ4v) is 3.97. The molecule has 0 radical (unpaired) electrons. The van der Waals surface area contributed by atoms with Gasteiger partial charge in [0.05, 0.1) is 5.69 Å². The van der Waals surface area contributed by atoms with Crippen LogP contribution in [0.15, 0.2) is 18.2 Å². The molecule has 1 aromatic carbocycles. The monoisotopic (exact) mass is 450 g/mol. The molecule has 2 aliphatic rings. The summed E-state index contributed by atoms with van der Waals surface area (Å²) in [6, 6.07) is 4.48. The first-order valence-corrected chi connectivity index (χ1v) is 9.75. The zero-order valence-corrected chi connectivity index (χ0v) is 17.3. The van der Waals surface area contributed by atoms with Gasteiger partial charge >= 0.3 is 6.18 Å². The fraction of sp³-hybridized carbons (Fsp3) is 0.429. The molecule has 0 aliphatic carbocycles. The zero-order valence-electron chi connectivity index (χ0n) is 17.3. The molecular formula is C21H21F3N4O4. The van der Waals surface area contributed by atoms with Crippen molar-refractivity contribution in [3.05, 3.63) is 40.7 Å². The Hall–Kier alpha value is -3.07. The number of alkyl halides is 3. The summed E-state index contributed by atoms with van der Waals surface area (Å²) in [5.41, 5.74) is -0.785. The van der Waals surface area contributed by atoms with Crippen LogP contribution in [0.1, 0.15) is 40.7 Å². The van der Waals surface area contributed by atoms with Crippen LogP contribution in [0.5, 0.6) is 5.75 Å². The second-order valence-corrected chi connectivity index (χ2v) is 8.36. The molecule has 11 heteroatoms. The normalized spacial score (nSPS) is 25.2. The van der Waals surface area contributed by atoms with Crippen molar-refractivity contribution in [2.24, 2.45) is 5.73 Å². The Morgan fingerprint density at radius 3 is 2.66 bits per heavy atom. The number of primary amides is 1. The second kappa shape index (κ2) is 7.23. The van der Waals surface area contributed by atoms with Crippen molar-refractivity contribution < 1.29 is 32.9 Å². The lowest BCUT2D eigenvalue weighted by Crippen LogP contribution is -2.33. The van der Waals surface area contributed by atoms with E-state index in [1.807, 2.05) is 11.9 Å². The molecule has 4 N–H and O–H groups in total. The first-order valence-electron chi connectivity index (χ1n) is 9.75. The number of aromatic nitrogens is 2. The van der Waals surface area contributed by atoms with E-state index in [-0.39, 0.29) is 11.4 Å². The van der Waals surface area contributed by atoms with Gasteiger partial charge in [-0.2, -0.15) is 18.3 Å². The van der Waals surface area contributed by atoms with Crippen molar-refractivity contribution in [1.29, 1.82) is 0 Å². The first kappa shape index (κ1) is 22.1. The summed E-state index contributed by atoms with van der Waals surface area (Å²) in [6.45, 7) is 1.69. The lowest BCUT2D eigenvalue weighted by atomic mass is 9.97. The van der Waals surface area contributed by atoms with Crippen LogP contribution < -0.4 is 10.5 Å². The lowest BCUT2D eigenvalue weighted by Gasteiger charge is -2.23. The number of amides is 1. The largest absolute Gasteiger partial charge is 0.488 e. The maximum Gasteiger partial charge on any atom is 0.420 e. The van der Waals surface area contributed by atoms with Gasteiger partial charge in [-0.3, -0.25) is 4.79 Å². The zero-order chi connectivity index (χ0) is 23.5.